The normalized spacial score (nSPS) is 36.1. The molecule has 80 valence electrons. The predicted molar refractivity (Wildman–Crippen MR) is 55.5 cm³/mol. The lowest BCUT2D eigenvalue weighted by Gasteiger charge is -2.44. The number of hydrogen-bond donors (Lipinski definition) is 2. The third-order valence-electron chi connectivity index (χ3n) is 4.42. The molecule has 3 nitrogen and oxygen atoms in total. The van der Waals surface area contributed by atoms with Gasteiger partial charge in [0, 0.05) is 0 Å². The number of amides is 1. The number of carbonyl (C=O) groups is 1. The van der Waals surface area contributed by atoms with Crippen LogP contribution in [0.2, 0.25) is 0 Å². The zero-order valence-electron chi connectivity index (χ0n) is 8.72. The lowest BCUT2D eigenvalue weighted by molar-refractivity contribution is -0.128. The van der Waals surface area contributed by atoms with Gasteiger partial charge >= 0.3 is 0 Å². The van der Waals surface area contributed by atoms with E-state index in [1.54, 1.807) is 0 Å². The summed E-state index contributed by atoms with van der Waals surface area (Å²) in [4.78, 5) is 11.5. The topological polar surface area (TPSA) is 69.1 Å². The molecule has 2 saturated carbocycles. The van der Waals surface area contributed by atoms with E-state index in [-0.39, 0.29) is 11.3 Å². The largest absolute Gasteiger partial charge is 0.368 e. The fraction of sp³-hybridized carbons (Fsp3) is 0.909. The summed E-state index contributed by atoms with van der Waals surface area (Å²) in [6, 6.07) is 0. The second-order valence-electron chi connectivity index (χ2n) is 5.03. The second kappa shape index (κ2) is 3.23. The van der Waals surface area contributed by atoms with Crippen LogP contribution in [0.3, 0.4) is 0 Å². The Kier molecular flexibility index (Phi) is 2.30. The summed E-state index contributed by atoms with van der Waals surface area (Å²) in [5.74, 6) is -0.281. The van der Waals surface area contributed by atoms with E-state index in [1.807, 2.05) is 0 Å². The van der Waals surface area contributed by atoms with Crippen LogP contribution >= 0.6 is 0 Å². The van der Waals surface area contributed by atoms with Crippen LogP contribution < -0.4 is 11.5 Å². The average Bonchev–Trinajstić information content (AvgIpc) is 2.47. The lowest BCUT2D eigenvalue weighted by Crippen LogP contribution is -2.61. The van der Waals surface area contributed by atoms with Crippen molar-refractivity contribution >= 4 is 5.91 Å². The first-order chi connectivity index (χ1) is 6.61. The van der Waals surface area contributed by atoms with Gasteiger partial charge in [-0.2, -0.15) is 0 Å². The van der Waals surface area contributed by atoms with E-state index in [2.05, 4.69) is 0 Å². The van der Waals surface area contributed by atoms with Crippen molar-refractivity contribution in [3.63, 3.8) is 0 Å². The van der Waals surface area contributed by atoms with Gasteiger partial charge in [0.2, 0.25) is 5.91 Å². The van der Waals surface area contributed by atoms with E-state index in [4.69, 9.17) is 11.5 Å². The number of hydrogen-bond acceptors (Lipinski definition) is 2. The van der Waals surface area contributed by atoms with Crippen molar-refractivity contribution in [1.29, 1.82) is 0 Å². The van der Waals surface area contributed by atoms with Gasteiger partial charge in [0.1, 0.15) is 5.54 Å². The zero-order chi connectivity index (χ0) is 10.2. The molecule has 0 saturated heterocycles. The maximum absolute atomic E-state index is 11.5. The number of carbonyl (C=O) groups excluding carboxylic acids is 1. The molecule has 1 unspecified atom stereocenters. The number of rotatable bonds is 1. The summed E-state index contributed by atoms with van der Waals surface area (Å²) in [7, 11) is 0. The van der Waals surface area contributed by atoms with Crippen LogP contribution in [0, 0.1) is 5.41 Å². The van der Waals surface area contributed by atoms with Crippen LogP contribution in [0.5, 0.6) is 0 Å². The van der Waals surface area contributed by atoms with Crippen molar-refractivity contribution < 1.29 is 4.79 Å². The zero-order valence-corrected chi connectivity index (χ0v) is 8.72. The standard InChI is InChI=1S/C11H20N2O/c12-9(14)11(13)8-4-7-10(11)5-2-1-3-6-10/h1-8,13H2,(H2,12,14). The summed E-state index contributed by atoms with van der Waals surface area (Å²) in [5.41, 5.74) is 11.1. The van der Waals surface area contributed by atoms with Gasteiger partial charge in [-0.1, -0.05) is 25.7 Å². The van der Waals surface area contributed by atoms with Crippen LogP contribution in [-0.2, 0) is 4.79 Å². The van der Waals surface area contributed by atoms with Gasteiger partial charge in [-0.15, -0.1) is 0 Å². The van der Waals surface area contributed by atoms with Gasteiger partial charge in [-0.25, -0.2) is 0 Å². The Hall–Kier alpha value is -0.570. The Morgan fingerprint density at radius 3 is 2.07 bits per heavy atom. The predicted octanol–water partition coefficient (Wildman–Crippen LogP) is 1.30. The van der Waals surface area contributed by atoms with Crippen molar-refractivity contribution in [3.05, 3.63) is 0 Å². The Morgan fingerprint density at radius 1 is 0.929 bits per heavy atom. The van der Waals surface area contributed by atoms with E-state index >= 15 is 0 Å². The molecule has 0 aliphatic heterocycles. The average molecular weight is 196 g/mol. The maximum Gasteiger partial charge on any atom is 0.238 e. The Morgan fingerprint density at radius 2 is 1.50 bits per heavy atom. The molecule has 2 fully saturated rings. The molecule has 0 heterocycles. The molecule has 1 amide bonds. The van der Waals surface area contributed by atoms with Gasteiger partial charge in [-0.3, -0.25) is 4.79 Å². The summed E-state index contributed by atoms with van der Waals surface area (Å²) in [5, 5.41) is 0. The second-order valence-corrected chi connectivity index (χ2v) is 5.03. The summed E-state index contributed by atoms with van der Waals surface area (Å²) in [6.45, 7) is 0. The van der Waals surface area contributed by atoms with Crippen LogP contribution in [0.25, 0.3) is 0 Å². The monoisotopic (exact) mass is 196 g/mol. The minimum atomic E-state index is -0.701. The van der Waals surface area contributed by atoms with Crippen LogP contribution in [-0.4, -0.2) is 11.4 Å². The Balaban J connectivity index is 2.27. The summed E-state index contributed by atoms with van der Waals surface area (Å²) >= 11 is 0. The molecule has 2 rings (SSSR count). The molecule has 2 aliphatic rings. The molecule has 1 spiro atoms. The van der Waals surface area contributed by atoms with Crippen molar-refractivity contribution in [2.75, 3.05) is 0 Å². The van der Waals surface area contributed by atoms with Crippen molar-refractivity contribution in [2.45, 2.75) is 56.9 Å². The number of nitrogens with two attached hydrogens (primary N) is 2. The van der Waals surface area contributed by atoms with Crippen molar-refractivity contribution in [2.24, 2.45) is 16.9 Å². The molecular formula is C11H20N2O. The first-order valence-electron chi connectivity index (χ1n) is 5.70. The molecule has 1 atom stereocenters. The highest BCUT2D eigenvalue weighted by atomic mass is 16.1. The first-order valence-corrected chi connectivity index (χ1v) is 5.70. The van der Waals surface area contributed by atoms with Gasteiger partial charge in [0.15, 0.2) is 0 Å². The molecule has 0 radical (unpaired) electrons. The van der Waals surface area contributed by atoms with Gasteiger partial charge < -0.3 is 11.5 Å². The van der Waals surface area contributed by atoms with E-state index in [9.17, 15) is 4.79 Å². The molecule has 4 N–H and O–H groups in total. The quantitative estimate of drug-likeness (QED) is 0.663. The van der Waals surface area contributed by atoms with Gasteiger partial charge in [-0.05, 0) is 31.1 Å². The molecule has 3 heteroatoms. The molecule has 14 heavy (non-hydrogen) atoms. The minimum Gasteiger partial charge on any atom is -0.368 e. The van der Waals surface area contributed by atoms with Crippen molar-refractivity contribution in [3.8, 4) is 0 Å². The molecular weight excluding hydrogens is 176 g/mol. The Bertz CT molecular complexity index is 246. The lowest BCUT2D eigenvalue weighted by atomic mass is 9.63. The van der Waals surface area contributed by atoms with Gasteiger partial charge in [0.25, 0.3) is 0 Å². The maximum atomic E-state index is 11.5. The highest BCUT2D eigenvalue weighted by molar-refractivity contribution is 5.86. The van der Waals surface area contributed by atoms with E-state index in [0.29, 0.717) is 0 Å². The highest BCUT2D eigenvalue weighted by Gasteiger charge is 2.55. The van der Waals surface area contributed by atoms with E-state index < -0.39 is 5.54 Å². The van der Waals surface area contributed by atoms with Gasteiger partial charge in [0.05, 0.1) is 0 Å². The van der Waals surface area contributed by atoms with Crippen LogP contribution in [0.1, 0.15) is 51.4 Å². The third-order valence-corrected chi connectivity index (χ3v) is 4.42. The summed E-state index contributed by atoms with van der Waals surface area (Å²) in [6.07, 6.45) is 8.89. The fourth-order valence-corrected chi connectivity index (χ4v) is 3.50. The fourth-order valence-electron chi connectivity index (χ4n) is 3.50. The third kappa shape index (κ3) is 1.18. The Labute approximate surface area is 85.2 Å². The molecule has 0 aromatic heterocycles. The first kappa shape index (κ1) is 9.97. The molecule has 2 aliphatic carbocycles. The van der Waals surface area contributed by atoms with Crippen LogP contribution in [0.15, 0.2) is 0 Å². The minimum absolute atomic E-state index is 0.0527. The van der Waals surface area contributed by atoms with E-state index in [0.717, 1.165) is 32.1 Å². The van der Waals surface area contributed by atoms with E-state index in [1.165, 1.54) is 19.3 Å². The molecule has 0 aromatic carbocycles. The SMILES string of the molecule is NC(=O)C1(N)CCCC12CCCCC2. The molecule has 0 bridgehead atoms. The molecule has 0 aromatic rings. The smallest absolute Gasteiger partial charge is 0.238 e. The summed E-state index contributed by atoms with van der Waals surface area (Å²) < 4.78 is 0. The van der Waals surface area contributed by atoms with Crippen molar-refractivity contribution in [1.82, 2.24) is 0 Å². The number of primary amides is 1. The highest BCUT2D eigenvalue weighted by Crippen LogP contribution is 2.53. The van der Waals surface area contributed by atoms with Crippen LogP contribution in [0.4, 0.5) is 0 Å².